The molecule has 1 aliphatic heterocycles. The average Bonchev–Trinajstić information content (AvgIpc) is 3.30. The predicted octanol–water partition coefficient (Wildman–Crippen LogP) is 4.83. The molecule has 0 aliphatic carbocycles. The molecule has 0 saturated carbocycles. The summed E-state index contributed by atoms with van der Waals surface area (Å²) >= 11 is 1.66. The molecule has 1 aromatic heterocycles. The van der Waals surface area contributed by atoms with Crippen LogP contribution in [0, 0.1) is 0 Å². The van der Waals surface area contributed by atoms with Crippen molar-refractivity contribution in [3.63, 3.8) is 0 Å². The van der Waals surface area contributed by atoms with E-state index in [1.54, 1.807) is 18.9 Å². The molecule has 0 radical (unpaired) electrons. The summed E-state index contributed by atoms with van der Waals surface area (Å²) in [6, 6.07) is 24.0. The fourth-order valence-corrected chi connectivity index (χ4v) is 4.96. The van der Waals surface area contributed by atoms with Crippen molar-refractivity contribution < 1.29 is 9.53 Å². The van der Waals surface area contributed by atoms with Crippen LogP contribution in [0.5, 0.6) is 5.75 Å². The number of methoxy groups -OCH3 is 1. The van der Waals surface area contributed by atoms with Crippen molar-refractivity contribution in [2.45, 2.75) is 10.9 Å². The minimum absolute atomic E-state index is 0.0890. The van der Waals surface area contributed by atoms with Gasteiger partial charge in [-0.3, -0.25) is 4.79 Å². The number of amides is 1. The van der Waals surface area contributed by atoms with E-state index < -0.39 is 0 Å². The monoisotopic (exact) mass is 458 g/mol. The normalized spacial score (nSPS) is 14.0. The number of hydrogen-bond donors (Lipinski definition) is 1. The van der Waals surface area contributed by atoms with Crippen LogP contribution in [0.4, 0.5) is 5.69 Å². The molecule has 6 nitrogen and oxygen atoms in total. The number of nitrogens with one attached hydrogen (secondary N) is 1. The second kappa shape index (κ2) is 9.58. The van der Waals surface area contributed by atoms with Gasteiger partial charge in [-0.05, 0) is 42.0 Å². The number of H-pyrrole nitrogens is 1. The van der Waals surface area contributed by atoms with Gasteiger partial charge in [-0.15, -0.1) is 0 Å². The van der Waals surface area contributed by atoms with Crippen molar-refractivity contribution in [3.8, 4) is 5.75 Å². The van der Waals surface area contributed by atoms with Crippen molar-refractivity contribution in [1.82, 2.24) is 14.9 Å². The molecule has 3 aromatic carbocycles. The molecule has 1 N–H and O–H groups in total. The smallest absolute Gasteiger partial charge is 0.253 e. The predicted molar refractivity (Wildman–Crippen MR) is 133 cm³/mol. The van der Waals surface area contributed by atoms with E-state index >= 15 is 0 Å². The quantitative estimate of drug-likeness (QED) is 0.420. The molecule has 4 aromatic rings. The summed E-state index contributed by atoms with van der Waals surface area (Å²) in [7, 11) is 1.69. The number of fused-ring (bicyclic) bond motifs is 1. The number of benzene rings is 3. The van der Waals surface area contributed by atoms with E-state index in [9.17, 15) is 4.79 Å². The van der Waals surface area contributed by atoms with Crippen molar-refractivity contribution in [2.75, 3.05) is 38.2 Å². The number of imidazole rings is 1. The van der Waals surface area contributed by atoms with Gasteiger partial charge in [0.2, 0.25) is 0 Å². The lowest BCUT2D eigenvalue weighted by molar-refractivity contribution is 0.0746. The van der Waals surface area contributed by atoms with Gasteiger partial charge in [0.15, 0.2) is 5.16 Å². The van der Waals surface area contributed by atoms with Crippen LogP contribution in [-0.4, -0.2) is 54.1 Å². The van der Waals surface area contributed by atoms with Crippen LogP contribution in [-0.2, 0) is 5.75 Å². The van der Waals surface area contributed by atoms with Crippen LogP contribution in [0.1, 0.15) is 15.9 Å². The standard InChI is InChI=1S/C26H26N4O2S/c1-32-24-9-5-4-8-23(24)29-14-16-30(17-15-29)25(31)20-12-10-19(11-13-20)18-33-26-27-21-6-2-3-7-22(21)28-26/h2-13H,14-18H2,1H3,(H,27,28). The van der Waals surface area contributed by atoms with E-state index in [0.717, 1.165) is 57.6 Å². The highest BCUT2D eigenvalue weighted by molar-refractivity contribution is 7.98. The van der Waals surface area contributed by atoms with E-state index in [-0.39, 0.29) is 5.91 Å². The number of aromatic amines is 1. The summed E-state index contributed by atoms with van der Waals surface area (Å²) in [6.07, 6.45) is 0. The summed E-state index contributed by atoms with van der Waals surface area (Å²) in [6.45, 7) is 2.97. The number of para-hydroxylation sites is 4. The summed E-state index contributed by atoms with van der Waals surface area (Å²) in [5.74, 6) is 1.76. The van der Waals surface area contributed by atoms with Crippen molar-refractivity contribution in [3.05, 3.63) is 83.9 Å². The van der Waals surface area contributed by atoms with Gasteiger partial charge in [-0.2, -0.15) is 0 Å². The van der Waals surface area contributed by atoms with E-state index in [1.807, 2.05) is 71.6 Å². The van der Waals surface area contributed by atoms with Crippen LogP contribution in [0.3, 0.4) is 0 Å². The first-order valence-corrected chi connectivity index (χ1v) is 12.0. The number of piperazine rings is 1. The average molecular weight is 459 g/mol. The maximum Gasteiger partial charge on any atom is 0.253 e. The molecular weight excluding hydrogens is 432 g/mol. The van der Waals surface area contributed by atoms with Crippen LogP contribution < -0.4 is 9.64 Å². The van der Waals surface area contributed by atoms with E-state index in [4.69, 9.17) is 4.74 Å². The van der Waals surface area contributed by atoms with Gasteiger partial charge in [-0.1, -0.05) is 48.2 Å². The molecule has 1 aliphatic rings. The zero-order valence-corrected chi connectivity index (χ0v) is 19.3. The van der Waals surface area contributed by atoms with Gasteiger partial charge in [0.25, 0.3) is 5.91 Å². The topological polar surface area (TPSA) is 61.5 Å². The minimum Gasteiger partial charge on any atom is -0.495 e. The summed E-state index contributed by atoms with van der Waals surface area (Å²) in [5, 5.41) is 0.907. The first-order chi connectivity index (χ1) is 16.2. The van der Waals surface area contributed by atoms with Crippen LogP contribution >= 0.6 is 11.8 Å². The van der Waals surface area contributed by atoms with Crippen LogP contribution in [0.25, 0.3) is 11.0 Å². The highest BCUT2D eigenvalue weighted by Gasteiger charge is 2.23. The highest BCUT2D eigenvalue weighted by Crippen LogP contribution is 2.28. The Balaban J connectivity index is 1.17. The summed E-state index contributed by atoms with van der Waals surface area (Å²) in [5.41, 5.74) is 5.01. The molecule has 1 fully saturated rings. The third-order valence-electron chi connectivity index (χ3n) is 5.94. The lowest BCUT2D eigenvalue weighted by atomic mass is 10.1. The molecule has 7 heteroatoms. The fourth-order valence-electron chi connectivity index (χ4n) is 4.12. The Morgan fingerprint density at radius 2 is 1.70 bits per heavy atom. The summed E-state index contributed by atoms with van der Waals surface area (Å²) in [4.78, 5) is 25.2. The number of aromatic nitrogens is 2. The molecule has 1 saturated heterocycles. The maximum atomic E-state index is 13.0. The fraction of sp³-hybridized carbons (Fsp3) is 0.231. The van der Waals surface area contributed by atoms with Crippen molar-refractivity contribution in [1.29, 1.82) is 0 Å². The van der Waals surface area contributed by atoms with Gasteiger partial charge >= 0.3 is 0 Å². The zero-order chi connectivity index (χ0) is 22.6. The van der Waals surface area contributed by atoms with E-state index in [0.29, 0.717) is 13.1 Å². The maximum absolute atomic E-state index is 13.0. The Labute approximate surface area is 197 Å². The largest absolute Gasteiger partial charge is 0.495 e. The number of rotatable bonds is 6. The molecule has 0 bridgehead atoms. The Bertz CT molecular complexity index is 1210. The van der Waals surface area contributed by atoms with Gasteiger partial charge < -0.3 is 19.5 Å². The third kappa shape index (κ3) is 4.68. The lowest BCUT2D eigenvalue weighted by Gasteiger charge is -2.36. The molecule has 5 rings (SSSR count). The summed E-state index contributed by atoms with van der Waals surface area (Å²) < 4.78 is 5.49. The van der Waals surface area contributed by atoms with Crippen LogP contribution in [0.15, 0.2) is 78.0 Å². The zero-order valence-electron chi connectivity index (χ0n) is 18.5. The third-order valence-corrected chi connectivity index (χ3v) is 6.88. The van der Waals surface area contributed by atoms with Crippen LogP contribution in [0.2, 0.25) is 0 Å². The van der Waals surface area contributed by atoms with E-state index in [2.05, 4.69) is 20.9 Å². The molecule has 168 valence electrons. The first-order valence-electron chi connectivity index (χ1n) is 11.0. The number of thioether (sulfide) groups is 1. The number of nitrogens with zero attached hydrogens (tertiary/aromatic N) is 3. The van der Waals surface area contributed by atoms with Gasteiger partial charge in [0.1, 0.15) is 5.75 Å². The Hall–Kier alpha value is -3.45. The van der Waals surface area contributed by atoms with Crippen molar-refractivity contribution >= 4 is 34.4 Å². The van der Waals surface area contributed by atoms with Gasteiger partial charge in [0, 0.05) is 37.5 Å². The molecule has 2 heterocycles. The first kappa shape index (κ1) is 21.4. The second-order valence-corrected chi connectivity index (χ2v) is 8.96. The number of carbonyl (C=O) groups is 1. The molecule has 33 heavy (non-hydrogen) atoms. The molecule has 0 atom stereocenters. The molecule has 1 amide bonds. The number of carbonyl (C=O) groups excluding carboxylic acids is 1. The lowest BCUT2D eigenvalue weighted by Crippen LogP contribution is -2.48. The molecule has 0 spiro atoms. The Kier molecular flexibility index (Phi) is 6.21. The highest BCUT2D eigenvalue weighted by atomic mass is 32.2. The number of hydrogen-bond acceptors (Lipinski definition) is 5. The number of anilines is 1. The van der Waals surface area contributed by atoms with Gasteiger partial charge in [0.05, 0.1) is 23.8 Å². The Morgan fingerprint density at radius 3 is 2.45 bits per heavy atom. The molecular formula is C26H26N4O2S. The second-order valence-electron chi connectivity index (χ2n) is 8.00. The van der Waals surface area contributed by atoms with E-state index in [1.165, 1.54) is 0 Å². The minimum atomic E-state index is 0.0890. The Morgan fingerprint density at radius 1 is 0.970 bits per heavy atom. The van der Waals surface area contributed by atoms with Crippen molar-refractivity contribution in [2.24, 2.45) is 0 Å². The number of ether oxygens (including phenoxy) is 1. The van der Waals surface area contributed by atoms with Gasteiger partial charge in [-0.25, -0.2) is 4.98 Å². The molecule has 0 unspecified atom stereocenters. The SMILES string of the molecule is COc1ccccc1N1CCN(C(=O)c2ccc(CSc3nc4ccccc4[nH]3)cc2)CC1.